The summed E-state index contributed by atoms with van der Waals surface area (Å²) >= 11 is 0. The molecule has 1 fully saturated rings. The van der Waals surface area contributed by atoms with Gasteiger partial charge in [0.25, 0.3) is 0 Å². The Bertz CT molecular complexity index is 1390. The second-order valence-electron chi connectivity index (χ2n) is 8.75. The summed E-state index contributed by atoms with van der Waals surface area (Å²) in [5, 5.41) is 4.23. The van der Waals surface area contributed by atoms with Crippen LogP contribution in [0.3, 0.4) is 0 Å². The molecule has 0 saturated carbocycles. The molecule has 2 aromatic heterocycles. The lowest BCUT2D eigenvalue weighted by molar-refractivity contribution is 0.0390. The molecule has 0 bridgehead atoms. The summed E-state index contributed by atoms with van der Waals surface area (Å²) < 4.78 is 11.5. The van der Waals surface area contributed by atoms with Gasteiger partial charge in [-0.25, -0.2) is 4.99 Å². The van der Waals surface area contributed by atoms with Gasteiger partial charge in [-0.15, -0.1) is 0 Å². The van der Waals surface area contributed by atoms with E-state index in [1.54, 1.807) is 0 Å². The zero-order valence-electron chi connectivity index (χ0n) is 19.7. The summed E-state index contributed by atoms with van der Waals surface area (Å²) in [5.74, 6) is 0.852. The van der Waals surface area contributed by atoms with Gasteiger partial charge in [-0.3, -0.25) is 4.90 Å². The van der Waals surface area contributed by atoms with Crippen LogP contribution >= 0.6 is 0 Å². The standard InChI is InChI=1S/C27H32N4O2/c1-4-33-26-17-25(29-24(26)16-23-18(2)15-19(3)28-23)27-21(9-10-31-11-13-32-14-12-31)20-7-5-6-8-22(20)30-27/h5-8,15-17,28-29H,4,9-14H2,1-3H3/b24-16-,27-25?. The quantitative estimate of drug-likeness (QED) is 0.606. The van der Waals surface area contributed by atoms with Gasteiger partial charge >= 0.3 is 0 Å². The van der Waals surface area contributed by atoms with Gasteiger partial charge in [0.1, 0.15) is 5.75 Å². The number of fused-ring (bicyclic) bond motifs is 1. The van der Waals surface area contributed by atoms with Crippen molar-refractivity contribution in [2.75, 3.05) is 39.5 Å². The molecule has 3 aromatic rings. The van der Waals surface area contributed by atoms with Gasteiger partial charge in [-0.1, -0.05) is 18.2 Å². The SMILES string of the molecule is CCOc1cc(=C2N=c3ccccc3=C2CCN2CCOCC2)[nH]/c1=C\c1[nH]c(C)cc1C. The number of rotatable bonds is 6. The van der Waals surface area contributed by atoms with Crippen molar-refractivity contribution in [3.63, 3.8) is 0 Å². The zero-order chi connectivity index (χ0) is 22.8. The van der Waals surface area contributed by atoms with Crippen molar-refractivity contribution in [3.05, 3.63) is 74.6 Å². The van der Waals surface area contributed by atoms with Crippen molar-refractivity contribution in [2.45, 2.75) is 27.2 Å². The van der Waals surface area contributed by atoms with Crippen molar-refractivity contribution >= 4 is 17.3 Å². The molecule has 0 aliphatic carbocycles. The fourth-order valence-corrected chi connectivity index (χ4v) is 4.72. The van der Waals surface area contributed by atoms with Crippen LogP contribution in [0.1, 0.15) is 30.3 Å². The Morgan fingerprint density at radius 1 is 1.12 bits per heavy atom. The number of H-pyrrole nitrogens is 2. The van der Waals surface area contributed by atoms with E-state index < -0.39 is 0 Å². The molecule has 0 amide bonds. The van der Waals surface area contributed by atoms with E-state index in [-0.39, 0.29) is 0 Å². The van der Waals surface area contributed by atoms with Crippen LogP contribution in [0.25, 0.3) is 17.3 Å². The number of ether oxygens (including phenoxy) is 2. The predicted octanol–water partition coefficient (Wildman–Crippen LogP) is 1.50. The van der Waals surface area contributed by atoms with E-state index in [4.69, 9.17) is 14.5 Å². The lowest BCUT2D eigenvalue weighted by Crippen LogP contribution is -2.37. The zero-order valence-corrected chi connectivity index (χ0v) is 19.7. The molecule has 33 heavy (non-hydrogen) atoms. The highest BCUT2D eigenvalue weighted by Gasteiger charge is 2.18. The fourth-order valence-electron chi connectivity index (χ4n) is 4.72. The van der Waals surface area contributed by atoms with Gasteiger partial charge < -0.3 is 19.4 Å². The monoisotopic (exact) mass is 444 g/mol. The van der Waals surface area contributed by atoms with Gasteiger partial charge in [0.05, 0.1) is 41.6 Å². The van der Waals surface area contributed by atoms with Crippen LogP contribution in [0.4, 0.5) is 0 Å². The minimum absolute atomic E-state index is 0.612. The van der Waals surface area contributed by atoms with Crippen LogP contribution in [0.2, 0.25) is 0 Å². The molecule has 4 heterocycles. The number of nitrogens with zero attached hydrogens (tertiary/aromatic N) is 2. The maximum absolute atomic E-state index is 6.00. The van der Waals surface area contributed by atoms with Crippen molar-refractivity contribution in [2.24, 2.45) is 4.99 Å². The largest absolute Gasteiger partial charge is 0.492 e. The number of aryl methyl sites for hydroxylation is 2. The van der Waals surface area contributed by atoms with Gasteiger partial charge in [0.2, 0.25) is 0 Å². The third-order valence-electron chi connectivity index (χ3n) is 6.37. The summed E-state index contributed by atoms with van der Waals surface area (Å²) in [6.07, 6.45) is 3.08. The van der Waals surface area contributed by atoms with Crippen molar-refractivity contribution in [3.8, 4) is 5.75 Å². The normalized spacial score (nSPS) is 18.5. The third-order valence-corrected chi connectivity index (χ3v) is 6.37. The van der Waals surface area contributed by atoms with Crippen molar-refractivity contribution < 1.29 is 9.47 Å². The minimum atomic E-state index is 0.612. The topological polar surface area (TPSA) is 65.6 Å². The number of morpholine rings is 1. The maximum atomic E-state index is 6.00. The first-order valence-electron chi connectivity index (χ1n) is 11.8. The first-order valence-corrected chi connectivity index (χ1v) is 11.8. The number of para-hydroxylation sites is 1. The van der Waals surface area contributed by atoms with E-state index in [1.165, 1.54) is 16.4 Å². The molecule has 0 spiro atoms. The molecule has 6 nitrogen and oxygen atoms in total. The number of nitrogens with one attached hydrogen (secondary N) is 2. The van der Waals surface area contributed by atoms with E-state index >= 15 is 0 Å². The lowest BCUT2D eigenvalue weighted by Gasteiger charge is -2.26. The smallest absolute Gasteiger partial charge is 0.144 e. The molecule has 2 aliphatic heterocycles. The molecule has 2 aliphatic rings. The van der Waals surface area contributed by atoms with Gasteiger partial charge in [0, 0.05) is 42.3 Å². The fraction of sp³-hybridized carbons (Fsp3) is 0.370. The Morgan fingerprint density at radius 3 is 2.70 bits per heavy atom. The lowest BCUT2D eigenvalue weighted by atomic mass is 10.1. The molecule has 0 radical (unpaired) electrons. The summed E-state index contributed by atoms with van der Waals surface area (Å²) in [5.41, 5.74) is 5.77. The average molecular weight is 445 g/mol. The first-order chi connectivity index (χ1) is 16.1. The van der Waals surface area contributed by atoms with Crippen molar-refractivity contribution in [1.29, 1.82) is 0 Å². The molecule has 5 rings (SSSR count). The van der Waals surface area contributed by atoms with E-state index in [9.17, 15) is 0 Å². The molecular formula is C27H32N4O2. The molecule has 6 heteroatoms. The van der Waals surface area contributed by atoms with E-state index in [2.05, 4.69) is 71.2 Å². The van der Waals surface area contributed by atoms with Crippen LogP contribution in [0.15, 0.2) is 41.4 Å². The number of hydrogen-bond donors (Lipinski definition) is 2. The molecule has 172 valence electrons. The highest BCUT2D eigenvalue weighted by Crippen LogP contribution is 2.19. The van der Waals surface area contributed by atoms with Crippen LogP contribution in [-0.2, 0) is 4.74 Å². The van der Waals surface area contributed by atoms with E-state index in [0.29, 0.717) is 6.61 Å². The van der Waals surface area contributed by atoms with Gasteiger partial charge in [-0.05, 0) is 56.5 Å². The molecule has 2 N–H and O–H groups in total. The number of benzene rings is 1. The second kappa shape index (κ2) is 9.41. The molecule has 0 atom stereocenters. The van der Waals surface area contributed by atoms with Crippen LogP contribution < -0.4 is 26.0 Å². The predicted molar refractivity (Wildman–Crippen MR) is 131 cm³/mol. The van der Waals surface area contributed by atoms with Crippen molar-refractivity contribution in [1.82, 2.24) is 14.9 Å². The minimum Gasteiger partial charge on any atom is -0.492 e. The Morgan fingerprint density at radius 2 is 1.94 bits per heavy atom. The Balaban J connectivity index is 1.61. The Labute approximate surface area is 194 Å². The van der Waals surface area contributed by atoms with Gasteiger partial charge in [-0.2, -0.15) is 0 Å². The number of aromatic nitrogens is 2. The van der Waals surface area contributed by atoms with E-state index in [1.807, 2.05) is 6.92 Å². The third kappa shape index (κ3) is 4.54. The average Bonchev–Trinajstić information content (AvgIpc) is 3.48. The Kier molecular flexibility index (Phi) is 6.20. The summed E-state index contributed by atoms with van der Waals surface area (Å²) in [4.78, 5) is 14.6. The van der Waals surface area contributed by atoms with Crippen LogP contribution in [0, 0.1) is 13.8 Å². The molecule has 1 saturated heterocycles. The maximum Gasteiger partial charge on any atom is 0.144 e. The van der Waals surface area contributed by atoms with Crippen LogP contribution in [0.5, 0.6) is 5.75 Å². The highest BCUT2D eigenvalue weighted by atomic mass is 16.5. The second-order valence-corrected chi connectivity index (χ2v) is 8.75. The molecule has 1 aromatic carbocycles. The first kappa shape index (κ1) is 21.7. The van der Waals surface area contributed by atoms with Gasteiger partial charge in [0.15, 0.2) is 0 Å². The summed E-state index contributed by atoms with van der Waals surface area (Å²) in [6.45, 7) is 11.5. The summed E-state index contributed by atoms with van der Waals surface area (Å²) in [6, 6.07) is 12.7. The number of aromatic amines is 2. The molecular weight excluding hydrogens is 412 g/mol. The molecule has 0 unspecified atom stereocenters. The number of hydrogen-bond acceptors (Lipinski definition) is 4. The Hall–Kier alpha value is -3.09. The highest BCUT2D eigenvalue weighted by molar-refractivity contribution is 5.89. The van der Waals surface area contributed by atoms with Crippen LogP contribution in [-0.4, -0.2) is 54.3 Å². The van der Waals surface area contributed by atoms with E-state index in [0.717, 1.165) is 78.2 Å². The summed E-state index contributed by atoms with van der Waals surface area (Å²) in [7, 11) is 0.